The largest absolute Gasteiger partial charge is 0.487 e. The van der Waals surface area contributed by atoms with Crippen LogP contribution in [0.1, 0.15) is 19.4 Å². The summed E-state index contributed by atoms with van der Waals surface area (Å²) in [6, 6.07) is 9.31. The minimum Gasteiger partial charge on any atom is -0.487 e. The molecule has 0 atom stereocenters. The second kappa shape index (κ2) is 7.53. The van der Waals surface area contributed by atoms with Gasteiger partial charge >= 0.3 is 0 Å². The summed E-state index contributed by atoms with van der Waals surface area (Å²) in [6.45, 7) is 4.70. The van der Waals surface area contributed by atoms with Crippen LogP contribution < -0.4 is 10.1 Å². The Morgan fingerprint density at radius 1 is 1.24 bits per heavy atom. The number of aromatic nitrogens is 1. The minimum absolute atomic E-state index is 0.112. The summed E-state index contributed by atoms with van der Waals surface area (Å²) in [7, 11) is 0. The van der Waals surface area contributed by atoms with Crippen molar-refractivity contribution in [1.29, 1.82) is 0 Å². The standard InChI is InChI=1S/C16H18Cl2N2O/c1-11(2)21-15-4-3-8-19-16(15)20-9-7-12-5-6-13(17)10-14(12)18/h3-6,8,10-11H,7,9H2,1-2H3,(H,19,20). The maximum absolute atomic E-state index is 6.16. The molecule has 0 fully saturated rings. The van der Waals surface area contributed by atoms with Gasteiger partial charge in [-0.25, -0.2) is 4.98 Å². The van der Waals surface area contributed by atoms with Crippen molar-refractivity contribution in [2.45, 2.75) is 26.4 Å². The first-order valence-electron chi connectivity index (χ1n) is 6.85. The van der Waals surface area contributed by atoms with E-state index in [-0.39, 0.29) is 6.10 Å². The topological polar surface area (TPSA) is 34.1 Å². The maximum Gasteiger partial charge on any atom is 0.168 e. The Hall–Kier alpha value is -1.45. The van der Waals surface area contributed by atoms with Crippen molar-refractivity contribution >= 4 is 29.0 Å². The van der Waals surface area contributed by atoms with Gasteiger partial charge in [-0.05, 0) is 50.1 Å². The number of hydrogen-bond acceptors (Lipinski definition) is 3. The van der Waals surface area contributed by atoms with Gasteiger partial charge in [0, 0.05) is 22.8 Å². The third-order valence-corrected chi connectivity index (χ3v) is 3.42. The molecule has 0 spiro atoms. The molecule has 1 aromatic carbocycles. The number of nitrogens with zero attached hydrogens (tertiary/aromatic N) is 1. The lowest BCUT2D eigenvalue weighted by Crippen LogP contribution is -2.11. The van der Waals surface area contributed by atoms with Gasteiger partial charge in [0.15, 0.2) is 11.6 Å². The smallest absolute Gasteiger partial charge is 0.168 e. The fraction of sp³-hybridized carbons (Fsp3) is 0.312. The Labute approximate surface area is 135 Å². The van der Waals surface area contributed by atoms with E-state index >= 15 is 0 Å². The van der Waals surface area contributed by atoms with Crippen LogP contribution in [-0.2, 0) is 6.42 Å². The monoisotopic (exact) mass is 324 g/mol. The molecule has 21 heavy (non-hydrogen) atoms. The van der Waals surface area contributed by atoms with Gasteiger partial charge in [-0.15, -0.1) is 0 Å². The van der Waals surface area contributed by atoms with Crippen LogP contribution in [0.15, 0.2) is 36.5 Å². The molecule has 0 unspecified atom stereocenters. The number of anilines is 1. The fourth-order valence-electron chi connectivity index (χ4n) is 1.91. The highest BCUT2D eigenvalue weighted by molar-refractivity contribution is 6.35. The Morgan fingerprint density at radius 3 is 2.76 bits per heavy atom. The molecule has 0 bridgehead atoms. The van der Waals surface area contributed by atoms with Gasteiger partial charge in [0.2, 0.25) is 0 Å². The molecule has 112 valence electrons. The van der Waals surface area contributed by atoms with Crippen molar-refractivity contribution in [3.05, 3.63) is 52.1 Å². The highest BCUT2D eigenvalue weighted by Crippen LogP contribution is 2.24. The Kier molecular flexibility index (Phi) is 5.71. The van der Waals surface area contributed by atoms with Gasteiger partial charge in [-0.2, -0.15) is 0 Å². The number of benzene rings is 1. The van der Waals surface area contributed by atoms with Crippen LogP contribution in [0.4, 0.5) is 5.82 Å². The van der Waals surface area contributed by atoms with Gasteiger partial charge in [0.25, 0.3) is 0 Å². The van der Waals surface area contributed by atoms with Crippen molar-refractivity contribution < 1.29 is 4.74 Å². The minimum atomic E-state index is 0.112. The fourth-order valence-corrected chi connectivity index (χ4v) is 2.42. The van der Waals surface area contributed by atoms with E-state index < -0.39 is 0 Å². The average Bonchev–Trinajstić information content (AvgIpc) is 2.42. The van der Waals surface area contributed by atoms with E-state index in [0.29, 0.717) is 16.6 Å². The summed E-state index contributed by atoms with van der Waals surface area (Å²) >= 11 is 12.0. The molecule has 2 aromatic rings. The second-order valence-corrected chi connectivity index (χ2v) is 5.77. The number of hydrogen-bond donors (Lipinski definition) is 1. The zero-order chi connectivity index (χ0) is 15.2. The summed E-state index contributed by atoms with van der Waals surface area (Å²) in [5.74, 6) is 1.51. The average molecular weight is 325 g/mol. The van der Waals surface area contributed by atoms with Crippen LogP contribution in [0.5, 0.6) is 5.75 Å². The number of ether oxygens (including phenoxy) is 1. The molecule has 0 saturated carbocycles. The second-order valence-electron chi connectivity index (χ2n) is 4.93. The van der Waals surface area contributed by atoms with E-state index in [0.717, 1.165) is 23.6 Å². The number of pyridine rings is 1. The van der Waals surface area contributed by atoms with E-state index in [1.807, 2.05) is 38.1 Å². The van der Waals surface area contributed by atoms with Gasteiger partial charge in [0.05, 0.1) is 6.10 Å². The van der Waals surface area contributed by atoms with Crippen molar-refractivity contribution in [2.75, 3.05) is 11.9 Å². The molecule has 1 N–H and O–H groups in total. The molecule has 0 aliphatic rings. The molecule has 0 amide bonds. The van der Waals surface area contributed by atoms with E-state index in [4.69, 9.17) is 27.9 Å². The predicted molar refractivity (Wildman–Crippen MR) is 88.7 cm³/mol. The van der Waals surface area contributed by atoms with Gasteiger partial charge in [-0.3, -0.25) is 0 Å². The van der Waals surface area contributed by atoms with Crippen LogP contribution in [0.2, 0.25) is 10.0 Å². The lowest BCUT2D eigenvalue weighted by Gasteiger charge is -2.14. The first-order chi connectivity index (χ1) is 10.1. The highest BCUT2D eigenvalue weighted by atomic mass is 35.5. The summed E-state index contributed by atoms with van der Waals surface area (Å²) in [6.07, 6.45) is 2.64. The van der Waals surface area contributed by atoms with E-state index in [1.54, 1.807) is 12.3 Å². The molecule has 0 saturated heterocycles. The molecular formula is C16H18Cl2N2O. The predicted octanol–water partition coefficient (Wildman–Crippen LogP) is 4.83. The molecular weight excluding hydrogens is 307 g/mol. The molecule has 3 nitrogen and oxygen atoms in total. The number of rotatable bonds is 6. The Balaban J connectivity index is 1.97. The van der Waals surface area contributed by atoms with E-state index in [1.165, 1.54) is 0 Å². The summed E-state index contributed by atoms with van der Waals surface area (Å²) in [4.78, 5) is 4.31. The SMILES string of the molecule is CC(C)Oc1cccnc1NCCc1ccc(Cl)cc1Cl. The van der Waals surface area contributed by atoms with Gasteiger partial charge in [0.1, 0.15) is 0 Å². The summed E-state index contributed by atoms with van der Waals surface area (Å²) in [5, 5.41) is 4.61. The van der Waals surface area contributed by atoms with Crippen LogP contribution >= 0.6 is 23.2 Å². The zero-order valence-electron chi connectivity index (χ0n) is 12.1. The van der Waals surface area contributed by atoms with Crippen LogP contribution in [0.3, 0.4) is 0 Å². The molecule has 2 rings (SSSR count). The quantitative estimate of drug-likeness (QED) is 0.826. The highest BCUT2D eigenvalue weighted by Gasteiger charge is 2.07. The van der Waals surface area contributed by atoms with Gasteiger partial charge in [-0.1, -0.05) is 29.3 Å². The maximum atomic E-state index is 6.16. The van der Waals surface area contributed by atoms with Crippen molar-refractivity contribution in [3.8, 4) is 5.75 Å². The van der Waals surface area contributed by atoms with Crippen molar-refractivity contribution in [1.82, 2.24) is 4.98 Å². The first-order valence-corrected chi connectivity index (χ1v) is 7.61. The lowest BCUT2D eigenvalue weighted by atomic mass is 10.1. The first kappa shape index (κ1) is 15.9. The number of nitrogens with one attached hydrogen (secondary N) is 1. The third kappa shape index (κ3) is 4.80. The van der Waals surface area contributed by atoms with Crippen molar-refractivity contribution in [3.63, 3.8) is 0 Å². The van der Waals surface area contributed by atoms with E-state index in [9.17, 15) is 0 Å². The van der Waals surface area contributed by atoms with Crippen molar-refractivity contribution in [2.24, 2.45) is 0 Å². The van der Waals surface area contributed by atoms with Crippen LogP contribution in [-0.4, -0.2) is 17.6 Å². The third-order valence-electron chi connectivity index (χ3n) is 2.84. The summed E-state index contributed by atoms with van der Waals surface area (Å²) in [5.41, 5.74) is 1.05. The van der Waals surface area contributed by atoms with Gasteiger partial charge < -0.3 is 10.1 Å². The Morgan fingerprint density at radius 2 is 2.05 bits per heavy atom. The Bertz CT molecular complexity index is 603. The molecule has 1 heterocycles. The van der Waals surface area contributed by atoms with E-state index in [2.05, 4.69) is 10.3 Å². The summed E-state index contributed by atoms with van der Waals surface area (Å²) < 4.78 is 5.72. The molecule has 0 radical (unpaired) electrons. The zero-order valence-corrected chi connectivity index (χ0v) is 13.6. The number of halogens is 2. The van der Waals surface area contributed by atoms with Crippen LogP contribution in [0.25, 0.3) is 0 Å². The molecule has 0 aliphatic heterocycles. The lowest BCUT2D eigenvalue weighted by molar-refractivity contribution is 0.243. The molecule has 0 aliphatic carbocycles. The molecule has 1 aromatic heterocycles. The molecule has 5 heteroatoms. The normalized spacial score (nSPS) is 10.7. The van der Waals surface area contributed by atoms with Crippen LogP contribution in [0, 0.1) is 0 Å².